The number of hydrogen-bond donors (Lipinski definition) is 5. The zero-order valence-corrected chi connectivity index (χ0v) is 35.7. The van der Waals surface area contributed by atoms with Gasteiger partial charge in [-0.3, -0.25) is 24.0 Å². The third-order valence-electron chi connectivity index (χ3n) is 10.1. The Hall–Kier alpha value is -5.02. The van der Waals surface area contributed by atoms with E-state index < -0.39 is 66.3 Å². The van der Waals surface area contributed by atoms with Gasteiger partial charge in [-0.1, -0.05) is 128 Å². The number of alkyl carbamates (subject to hydrolysis) is 1. The van der Waals surface area contributed by atoms with Gasteiger partial charge in [0, 0.05) is 35.9 Å². The van der Waals surface area contributed by atoms with E-state index in [9.17, 15) is 33.9 Å². The number of ether oxygens (including phenoxy) is 1. The lowest BCUT2D eigenvalue weighted by molar-refractivity contribution is -0.144. The monoisotopic (exact) mass is 845 g/mol. The molecule has 0 radical (unpaired) electrons. The molecule has 1 saturated heterocycles. The number of likely N-dealkylation sites (tertiary alicyclic amines) is 1. The Bertz CT molecular complexity index is 1910. The van der Waals surface area contributed by atoms with Gasteiger partial charge in [-0.15, -0.1) is 0 Å². The molecule has 316 valence electrons. The van der Waals surface area contributed by atoms with Gasteiger partial charge in [-0.05, 0) is 53.5 Å². The van der Waals surface area contributed by atoms with E-state index in [1.165, 1.54) is 21.6 Å². The maximum absolute atomic E-state index is 14.2. The molecule has 1 fully saturated rings. The molecule has 0 bridgehead atoms. The van der Waals surface area contributed by atoms with Gasteiger partial charge >= 0.3 is 12.1 Å². The van der Waals surface area contributed by atoms with Crippen LogP contribution in [0.5, 0.6) is 0 Å². The van der Waals surface area contributed by atoms with E-state index in [1.54, 1.807) is 36.1 Å². The Morgan fingerprint density at radius 1 is 0.729 bits per heavy atom. The number of amides is 5. The molecule has 1 heterocycles. The summed E-state index contributed by atoms with van der Waals surface area (Å²) in [5, 5.41) is 20.5. The van der Waals surface area contributed by atoms with Crippen molar-refractivity contribution in [1.82, 2.24) is 26.2 Å². The van der Waals surface area contributed by atoms with Crippen molar-refractivity contribution in [3.8, 4) is 11.1 Å². The topological polar surface area (TPSA) is 183 Å². The van der Waals surface area contributed by atoms with Gasteiger partial charge in [0.1, 0.15) is 30.8 Å². The number of aliphatic carboxylic acids is 1. The molecule has 5 amide bonds. The first-order valence-electron chi connectivity index (χ1n) is 20.1. The molecule has 59 heavy (non-hydrogen) atoms. The van der Waals surface area contributed by atoms with Gasteiger partial charge in [0.05, 0.1) is 6.42 Å². The summed E-state index contributed by atoms with van der Waals surface area (Å²) < 4.78 is 5.52. The van der Waals surface area contributed by atoms with Crippen LogP contribution in [-0.4, -0.2) is 100 Å². The molecule has 15 heteroatoms. The van der Waals surface area contributed by atoms with E-state index in [-0.39, 0.29) is 35.9 Å². The second-order valence-corrected chi connectivity index (χ2v) is 18.9. The second-order valence-electron chi connectivity index (χ2n) is 15.8. The van der Waals surface area contributed by atoms with Crippen molar-refractivity contribution < 1.29 is 38.6 Å². The van der Waals surface area contributed by atoms with Crippen molar-refractivity contribution in [3.05, 3.63) is 95.6 Å². The van der Waals surface area contributed by atoms with Gasteiger partial charge < -0.3 is 36.0 Å². The highest BCUT2D eigenvalue weighted by Gasteiger charge is 2.35. The van der Waals surface area contributed by atoms with Crippen LogP contribution in [0.3, 0.4) is 0 Å². The quantitative estimate of drug-likeness (QED) is 0.100. The number of nitrogens with one attached hydrogen (secondary N) is 4. The minimum atomic E-state index is -1.34. The number of benzene rings is 3. The summed E-state index contributed by atoms with van der Waals surface area (Å²) in [6.45, 7) is 8.77. The largest absolute Gasteiger partial charge is 0.481 e. The fourth-order valence-electron chi connectivity index (χ4n) is 7.18. The Morgan fingerprint density at radius 3 is 1.86 bits per heavy atom. The molecule has 3 aromatic carbocycles. The number of carboxylic acid groups (broad SMARTS) is 1. The lowest BCUT2D eigenvalue weighted by Gasteiger charge is -2.31. The molecule has 3 aromatic rings. The first-order chi connectivity index (χ1) is 28.2. The summed E-state index contributed by atoms with van der Waals surface area (Å²) in [6, 6.07) is 20.2. The summed E-state index contributed by atoms with van der Waals surface area (Å²) >= 11 is 0. The number of rotatable bonds is 18. The van der Waals surface area contributed by atoms with Gasteiger partial charge in [0.15, 0.2) is 0 Å². The second kappa shape index (κ2) is 21.3. The smallest absolute Gasteiger partial charge is 0.407 e. The highest BCUT2D eigenvalue weighted by Crippen LogP contribution is 2.44. The van der Waals surface area contributed by atoms with Gasteiger partial charge in [-0.25, -0.2) is 4.79 Å². The van der Waals surface area contributed by atoms with Crippen LogP contribution in [-0.2, 0) is 35.1 Å². The van der Waals surface area contributed by atoms with Crippen molar-refractivity contribution in [2.75, 3.05) is 25.4 Å². The number of carboxylic acids is 1. The van der Waals surface area contributed by atoms with Crippen molar-refractivity contribution in [3.63, 3.8) is 0 Å². The van der Waals surface area contributed by atoms with Crippen LogP contribution < -0.4 is 21.3 Å². The first kappa shape index (κ1) is 45.1. The standard InChI is InChI=1S/C44H55N5O8S2/c1-5-34(48-43(56)57-26-33-31-20-12-10-18-29(31)30-19-11-13-21-32(30)33)39(52)47-37(27-58-59-44(2,3)4)41(54)45-35(24-28-16-8-6-9-17-28)40(53)46-36(25-38(50)51)42(55)49-22-14-7-15-23-49/h6,8-13,16-21,33-37H,5,7,14-15,22-27H2,1-4H3,(H,45,54)(H,46,53)(H,47,52)(H,48,56)(H,50,51)/t34-,35-,36-,37-/m0/s1. The summed E-state index contributed by atoms with van der Waals surface area (Å²) in [5.41, 5.74) is 4.99. The van der Waals surface area contributed by atoms with Gasteiger partial charge in [-0.2, -0.15) is 0 Å². The molecule has 0 aromatic heterocycles. The Morgan fingerprint density at radius 2 is 1.27 bits per heavy atom. The molecule has 5 rings (SSSR count). The summed E-state index contributed by atoms with van der Waals surface area (Å²) in [6.07, 6.45) is 1.35. The molecule has 0 spiro atoms. The van der Waals surface area contributed by atoms with Crippen LogP contribution in [0.15, 0.2) is 78.9 Å². The summed E-state index contributed by atoms with van der Waals surface area (Å²) in [5.74, 6) is -3.79. The van der Waals surface area contributed by atoms with Crippen molar-refractivity contribution in [2.24, 2.45) is 0 Å². The zero-order valence-electron chi connectivity index (χ0n) is 34.0. The van der Waals surface area contributed by atoms with Crippen LogP contribution in [0.1, 0.15) is 82.4 Å². The third-order valence-corrected chi connectivity index (χ3v) is 13.5. The first-order valence-corrected chi connectivity index (χ1v) is 22.4. The fourth-order valence-corrected chi connectivity index (χ4v) is 9.65. The summed E-state index contributed by atoms with van der Waals surface area (Å²) in [4.78, 5) is 82.0. The molecule has 0 saturated carbocycles. The molecule has 4 atom stereocenters. The van der Waals surface area contributed by atoms with Gasteiger partial charge in [0.2, 0.25) is 23.6 Å². The maximum Gasteiger partial charge on any atom is 0.407 e. The van der Waals surface area contributed by atoms with Gasteiger partial charge in [0.25, 0.3) is 0 Å². The number of carbonyl (C=O) groups is 6. The summed E-state index contributed by atoms with van der Waals surface area (Å²) in [7, 11) is 2.89. The molecule has 2 aliphatic rings. The molecular weight excluding hydrogens is 791 g/mol. The number of nitrogens with zero attached hydrogens (tertiary/aromatic N) is 1. The average Bonchev–Trinajstić information content (AvgIpc) is 3.54. The van der Waals surface area contributed by atoms with Crippen molar-refractivity contribution in [1.29, 1.82) is 0 Å². The van der Waals surface area contributed by atoms with Crippen molar-refractivity contribution in [2.45, 2.75) is 101 Å². The maximum atomic E-state index is 14.2. The number of piperidine rings is 1. The average molecular weight is 846 g/mol. The van der Waals surface area contributed by atoms with Crippen LogP contribution in [0.4, 0.5) is 4.79 Å². The van der Waals surface area contributed by atoms with E-state index in [4.69, 9.17) is 4.74 Å². The van der Waals surface area contributed by atoms with Crippen LogP contribution in [0.25, 0.3) is 11.1 Å². The normalized spacial score (nSPS) is 15.7. The van der Waals surface area contributed by atoms with E-state index in [0.717, 1.165) is 41.5 Å². The highest BCUT2D eigenvalue weighted by atomic mass is 33.1. The van der Waals surface area contributed by atoms with E-state index in [1.807, 2.05) is 75.4 Å². The Balaban J connectivity index is 1.28. The molecular formula is C44H55N5O8S2. The van der Waals surface area contributed by atoms with E-state index in [0.29, 0.717) is 18.7 Å². The van der Waals surface area contributed by atoms with Crippen LogP contribution in [0.2, 0.25) is 0 Å². The predicted octanol–water partition coefficient (Wildman–Crippen LogP) is 5.67. The van der Waals surface area contributed by atoms with E-state index in [2.05, 4.69) is 21.3 Å². The van der Waals surface area contributed by atoms with Crippen molar-refractivity contribution >= 4 is 57.3 Å². The predicted molar refractivity (Wildman–Crippen MR) is 231 cm³/mol. The number of fused-ring (bicyclic) bond motifs is 3. The minimum absolute atomic E-state index is 0.0293. The molecule has 1 aliphatic carbocycles. The molecule has 13 nitrogen and oxygen atoms in total. The number of carbonyl (C=O) groups excluding carboxylic acids is 5. The lowest BCUT2D eigenvalue weighted by Crippen LogP contribution is -2.59. The molecule has 0 unspecified atom stereocenters. The number of hydrogen-bond acceptors (Lipinski definition) is 9. The lowest BCUT2D eigenvalue weighted by atomic mass is 9.98. The molecule has 1 aliphatic heterocycles. The zero-order chi connectivity index (χ0) is 42.5. The van der Waals surface area contributed by atoms with Crippen LogP contribution in [0, 0.1) is 0 Å². The Kier molecular flexibility index (Phi) is 16.3. The minimum Gasteiger partial charge on any atom is -0.481 e. The highest BCUT2D eigenvalue weighted by molar-refractivity contribution is 8.77. The SMILES string of the molecule is CC[C@H](NC(=O)OCC1c2ccccc2-c2ccccc21)C(=O)N[C@@H](CSSC(C)(C)C)C(=O)N[C@@H](Cc1ccccc1)C(=O)N[C@@H](CC(=O)O)C(=O)N1CCCCC1. The fraction of sp³-hybridized carbons (Fsp3) is 0.455. The van der Waals surface area contributed by atoms with E-state index >= 15 is 0 Å². The Labute approximate surface area is 354 Å². The van der Waals surface area contributed by atoms with Crippen LogP contribution >= 0.6 is 21.6 Å². The molecule has 5 N–H and O–H groups in total. The third kappa shape index (κ3) is 13.0.